The summed E-state index contributed by atoms with van der Waals surface area (Å²) in [6.07, 6.45) is 0.560. The highest BCUT2D eigenvalue weighted by atomic mass is 19.1. The summed E-state index contributed by atoms with van der Waals surface area (Å²) >= 11 is 0. The average Bonchev–Trinajstić information content (AvgIpc) is 2.56. The van der Waals surface area contributed by atoms with Crippen molar-refractivity contribution in [2.24, 2.45) is 0 Å². The SMILES string of the molecule is CCc1c(C(=O)O)[nH]c2c(F)cc(C)cc12. The van der Waals surface area contributed by atoms with E-state index >= 15 is 0 Å². The molecule has 0 radical (unpaired) electrons. The Labute approximate surface area is 91.9 Å². The maximum absolute atomic E-state index is 13.6. The smallest absolute Gasteiger partial charge is 0.352 e. The molecule has 0 fully saturated rings. The topological polar surface area (TPSA) is 53.1 Å². The summed E-state index contributed by atoms with van der Waals surface area (Å²) in [5, 5.41) is 9.67. The minimum absolute atomic E-state index is 0.0852. The molecule has 1 aromatic carbocycles. The van der Waals surface area contributed by atoms with E-state index < -0.39 is 11.8 Å². The van der Waals surface area contributed by atoms with Gasteiger partial charge >= 0.3 is 5.97 Å². The number of aryl methyl sites for hydroxylation is 2. The Balaban J connectivity index is 2.87. The van der Waals surface area contributed by atoms with Crippen LogP contribution in [0.2, 0.25) is 0 Å². The fourth-order valence-electron chi connectivity index (χ4n) is 1.99. The number of hydrogen-bond acceptors (Lipinski definition) is 1. The summed E-state index contributed by atoms with van der Waals surface area (Å²) in [6, 6.07) is 3.20. The van der Waals surface area contributed by atoms with Crippen molar-refractivity contribution >= 4 is 16.9 Å². The molecule has 0 atom stereocenters. The Bertz CT molecular complexity index is 572. The van der Waals surface area contributed by atoms with E-state index in [0.29, 0.717) is 17.4 Å². The Morgan fingerprint density at radius 2 is 2.19 bits per heavy atom. The molecule has 0 aliphatic rings. The lowest BCUT2D eigenvalue weighted by molar-refractivity contribution is 0.0690. The van der Waals surface area contributed by atoms with Crippen LogP contribution in [0, 0.1) is 12.7 Å². The number of nitrogens with one attached hydrogen (secondary N) is 1. The summed E-state index contributed by atoms with van der Waals surface area (Å²) in [6.45, 7) is 3.64. The van der Waals surface area contributed by atoms with Crippen LogP contribution in [-0.2, 0) is 6.42 Å². The second-order valence-corrected chi connectivity index (χ2v) is 3.81. The predicted molar refractivity (Wildman–Crippen MR) is 59.3 cm³/mol. The first-order valence-corrected chi connectivity index (χ1v) is 5.08. The fraction of sp³-hybridized carbons (Fsp3) is 0.250. The molecular formula is C12H12FNO2. The van der Waals surface area contributed by atoms with Crippen LogP contribution in [0.25, 0.3) is 10.9 Å². The van der Waals surface area contributed by atoms with Gasteiger partial charge < -0.3 is 10.1 Å². The van der Waals surface area contributed by atoms with Crippen LogP contribution >= 0.6 is 0 Å². The van der Waals surface area contributed by atoms with E-state index in [-0.39, 0.29) is 11.2 Å². The van der Waals surface area contributed by atoms with Crippen molar-refractivity contribution in [1.29, 1.82) is 0 Å². The first-order chi connectivity index (χ1) is 7.54. The number of carbonyl (C=O) groups is 1. The molecule has 0 aliphatic carbocycles. The molecular weight excluding hydrogens is 209 g/mol. The molecule has 0 saturated heterocycles. The van der Waals surface area contributed by atoms with Gasteiger partial charge in [-0.15, -0.1) is 0 Å². The third-order valence-electron chi connectivity index (χ3n) is 2.68. The minimum atomic E-state index is -1.05. The third-order valence-corrected chi connectivity index (χ3v) is 2.68. The van der Waals surface area contributed by atoms with Crippen molar-refractivity contribution in [1.82, 2.24) is 4.98 Å². The Morgan fingerprint density at radius 3 is 2.75 bits per heavy atom. The third kappa shape index (κ3) is 1.46. The van der Waals surface area contributed by atoms with Crippen LogP contribution in [0.5, 0.6) is 0 Å². The highest BCUT2D eigenvalue weighted by Crippen LogP contribution is 2.26. The number of aromatic carboxylic acids is 1. The highest BCUT2D eigenvalue weighted by Gasteiger charge is 2.17. The molecule has 2 rings (SSSR count). The highest BCUT2D eigenvalue weighted by molar-refractivity contribution is 5.97. The summed E-state index contributed by atoms with van der Waals surface area (Å²) in [7, 11) is 0. The van der Waals surface area contributed by atoms with E-state index in [1.54, 1.807) is 13.0 Å². The molecule has 3 nitrogen and oxygen atoms in total. The van der Waals surface area contributed by atoms with Gasteiger partial charge in [-0.2, -0.15) is 0 Å². The number of fused-ring (bicyclic) bond motifs is 1. The Kier molecular flexibility index (Phi) is 2.42. The second-order valence-electron chi connectivity index (χ2n) is 3.81. The van der Waals surface area contributed by atoms with Crippen molar-refractivity contribution in [3.05, 3.63) is 34.8 Å². The molecule has 0 saturated carbocycles. The standard InChI is InChI=1S/C12H12FNO2/c1-3-7-8-4-6(2)5-9(13)10(8)14-11(7)12(15)16/h4-5,14H,3H2,1-2H3,(H,15,16). The number of benzene rings is 1. The quantitative estimate of drug-likeness (QED) is 0.819. The number of rotatable bonds is 2. The van der Waals surface area contributed by atoms with Crippen molar-refractivity contribution in [2.45, 2.75) is 20.3 Å². The van der Waals surface area contributed by atoms with Crippen LogP contribution in [-0.4, -0.2) is 16.1 Å². The maximum atomic E-state index is 13.6. The molecule has 1 aromatic heterocycles. The summed E-state index contributed by atoms with van der Waals surface area (Å²) in [4.78, 5) is 13.6. The number of halogens is 1. The molecule has 2 N–H and O–H groups in total. The van der Waals surface area contributed by atoms with Gasteiger partial charge in [0.05, 0.1) is 5.52 Å². The zero-order chi connectivity index (χ0) is 11.9. The second kappa shape index (κ2) is 3.63. The number of carboxylic acids is 1. The number of hydrogen-bond donors (Lipinski definition) is 2. The van der Waals surface area contributed by atoms with Crippen molar-refractivity contribution in [3.63, 3.8) is 0 Å². The summed E-state index contributed by atoms with van der Waals surface area (Å²) in [5.74, 6) is -1.46. The van der Waals surface area contributed by atoms with Gasteiger partial charge in [-0.05, 0) is 36.6 Å². The van der Waals surface area contributed by atoms with Crippen LogP contribution in [0.1, 0.15) is 28.5 Å². The monoisotopic (exact) mass is 221 g/mol. The van der Waals surface area contributed by atoms with Crippen molar-refractivity contribution < 1.29 is 14.3 Å². The maximum Gasteiger partial charge on any atom is 0.352 e. The molecule has 84 valence electrons. The molecule has 1 heterocycles. The molecule has 0 unspecified atom stereocenters. The van der Waals surface area contributed by atoms with E-state index in [2.05, 4.69) is 4.98 Å². The summed E-state index contributed by atoms with van der Waals surface area (Å²) in [5.41, 5.74) is 1.81. The molecule has 0 spiro atoms. The number of aromatic amines is 1. The molecule has 0 amide bonds. The van der Waals surface area contributed by atoms with Crippen LogP contribution in [0.4, 0.5) is 4.39 Å². The minimum Gasteiger partial charge on any atom is -0.477 e. The molecule has 4 heteroatoms. The van der Waals surface area contributed by atoms with Gasteiger partial charge in [0.1, 0.15) is 11.5 Å². The average molecular weight is 221 g/mol. The van der Waals surface area contributed by atoms with E-state index in [4.69, 9.17) is 5.11 Å². The Morgan fingerprint density at radius 1 is 1.50 bits per heavy atom. The predicted octanol–water partition coefficient (Wildman–Crippen LogP) is 2.88. The largest absolute Gasteiger partial charge is 0.477 e. The lowest BCUT2D eigenvalue weighted by Gasteiger charge is -1.98. The number of aromatic nitrogens is 1. The van der Waals surface area contributed by atoms with Crippen LogP contribution < -0.4 is 0 Å². The number of H-pyrrole nitrogens is 1. The van der Waals surface area contributed by atoms with E-state index in [1.807, 2.05) is 6.92 Å². The molecule has 16 heavy (non-hydrogen) atoms. The molecule has 0 bridgehead atoms. The van der Waals surface area contributed by atoms with Crippen LogP contribution in [0.3, 0.4) is 0 Å². The van der Waals surface area contributed by atoms with Crippen molar-refractivity contribution in [2.75, 3.05) is 0 Å². The van der Waals surface area contributed by atoms with Gasteiger partial charge in [0.25, 0.3) is 0 Å². The fourth-order valence-corrected chi connectivity index (χ4v) is 1.99. The van der Waals surface area contributed by atoms with E-state index in [1.165, 1.54) is 6.07 Å². The first-order valence-electron chi connectivity index (χ1n) is 5.08. The summed E-state index contributed by atoms with van der Waals surface area (Å²) < 4.78 is 13.6. The zero-order valence-corrected chi connectivity index (χ0v) is 9.10. The number of carboxylic acid groups (broad SMARTS) is 1. The van der Waals surface area contributed by atoms with Gasteiger partial charge in [-0.3, -0.25) is 0 Å². The van der Waals surface area contributed by atoms with Gasteiger partial charge in [-0.25, -0.2) is 9.18 Å². The van der Waals surface area contributed by atoms with Gasteiger partial charge in [0.2, 0.25) is 0 Å². The van der Waals surface area contributed by atoms with E-state index in [9.17, 15) is 9.18 Å². The lowest BCUT2D eigenvalue weighted by Crippen LogP contribution is -2.00. The van der Waals surface area contributed by atoms with Crippen molar-refractivity contribution in [3.8, 4) is 0 Å². The molecule has 2 aromatic rings. The first kappa shape index (κ1) is 10.7. The van der Waals surface area contributed by atoms with Gasteiger partial charge in [-0.1, -0.05) is 6.92 Å². The normalized spacial score (nSPS) is 10.9. The van der Waals surface area contributed by atoms with E-state index in [0.717, 1.165) is 5.56 Å². The van der Waals surface area contributed by atoms with Crippen LogP contribution in [0.15, 0.2) is 12.1 Å². The molecule has 0 aliphatic heterocycles. The van der Waals surface area contributed by atoms with Gasteiger partial charge in [0.15, 0.2) is 0 Å². The zero-order valence-electron chi connectivity index (χ0n) is 9.10. The Hall–Kier alpha value is -1.84. The lowest BCUT2D eigenvalue weighted by atomic mass is 10.1. The van der Waals surface area contributed by atoms with Gasteiger partial charge in [0, 0.05) is 5.39 Å².